The van der Waals surface area contributed by atoms with Crippen LogP contribution in [0.5, 0.6) is 5.75 Å². The van der Waals surface area contributed by atoms with Crippen LogP contribution in [0.4, 0.5) is 0 Å². The molecule has 8 aromatic carbocycles. The van der Waals surface area contributed by atoms with Crippen LogP contribution in [0.25, 0.3) is 63.6 Å². The maximum Gasteiger partial charge on any atom is 0.134 e. The number of nitrogen functional groups attached to an aromatic ring is 1. The molecule has 50 heavy (non-hydrogen) atoms. The van der Waals surface area contributed by atoms with E-state index in [0.717, 1.165) is 26.8 Å². The van der Waals surface area contributed by atoms with E-state index in [1.54, 1.807) is 11.3 Å². The van der Waals surface area contributed by atoms with Gasteiger partial charge in [0.05, 0.1) is 4.70 Å². The van der Waals surface area contributed by atoms with Gasteiger partial charge in [0.1, 0.15) is 11.6 Å². The topological polar surface area (TPSA) is 96.1 Å². The fourth-order valence-corrected chi connectivity index (χ4v) is 7.75. The molecule has 0 amide bonds. The molecule has 9 rings (SSSR count). The predicted molar refractivity (Wildman–Crippen MR) is 215 cm³/mol. The highest BCUT2D eigenvalue weighted by molar-refractivity contribution is 7.26. The quantitative estimate of drug-likeness (QED) is 0.0857. The van der Waals surface area contributed by atoms with Gasteiger partial charge >= 0.3 is 0 Å². The molecule has 1 aromatic heterocycles. The Morgan fingerprint density at radius 3 is 1.68 bits per heavy atom. The van der Waals surface area contributed by atoms with Gasteiger partial charge in [-0.2, -0.15) is 0 Å². The van der Waals surface area contributed by atoms with Crippen molar-refractivity contribution in [2.24, 2.45) is 11.5 Å². The first-order valence-electron chi connectivity index (χ1n) is 16.5. The average Bonchev–Trinajstić information content (AvgIpc) is 3.56. The number of phenols is 1. The molecular formula is C45H37N3OS. The summed E-state index contributed by atoms with van der Waals surface area (Å²) < 4.78 is 2.17. The minimum absolute atomic E-state index is 0.121. The number of nitrogens with two attached hydrogens (primary N) is 2. The van der Waals surface area contributed by atoms with Crippen LogP contribution in [0.3, 0.4) is 0 Å². The van der Waals surface area contributed by atoms with Gasteiger partial charge < -0.3 is 16.6 Å². The summed E-state index contributed by atoms with van der Waals surface area (Å²) in [6.07, 6.45) is 0. The van der Waals surface area contributed by atoms with Crippen LogP contribution in [0.1, 0.15) is 16.7 Å². The zero-order valence-electron chi connectivity index (χ0n) is 27.7. The van der Waals surface area contributed by atoms with Crippen molar-refractivity contribution in [2.45, 2.75) is 13.5 Å². The lowest BCUT2D eigenvalue weighted by Crippen LogP contribution is -2.10. The highest BCUT2D eigenvalue weighted by atomic mass is 32.1. The third-order valence-corrected chi connectivity index (χ3v) is 10.2. The number of aryl methyl sites for hydroxylation is 1. The lowest BCUT2D eigenvalue weighted by atomic mass is 9.92. The van der Waals surface area contributed by atoms with E-state index in [1.165, 1.54) is 53.5 Å². The molecule has 0 aliphatic rings. The number of amidine groups is 1. The smallest absolute Gasteiger partial charge is 0.134 e. The number of hydrogen-bond donors (Lipinski definition) is 4. The van der Waals surface area contributed by atoms with Crippen LogP contribution >= 0.6 is 11.3 Å². The zero-order chi connectivity index (χ0) is 34.6. The Morgan fingerprint density at radius 2 is 1.12 bits per heavy atom. The molecule has 0 unspecified atom stereocenters. The maximum atomic E-state index is 10.9. The van der Waals surface area contributed by atoms with Crippen molar-refractivity contribution < 1.29 is 5.11 Å². The third-order valence-electron chi connectivity index (χ3n) is 9.03. The standard InChI is InChI=1S/C31H20OS.C7H8N2.C7H9N/c1-18-7-6-12-29-30(18)27-16-20(17-28(32)31(27)33-29)19-13-14-25-23-10-3-2-8-21(23)22-9-4-5-11-24(22)26(25)15-19;8-7(9)6-4-2-1-3-5-6;8-6-7-4-2-1-3-5-7/h2-17,32H,1H3;1-5H,(H3,8,9);1-5H,6,8H2. The molecule has 4 nitrogen and oxygen atoms in total. The fourth-order valence-electron chi connectivity index (χ4n) is 6.57. The molecular weight excluding hydrogens is 631 g/mol. The Morgan fingerprint density at radius 1 is 0.580 bits per heavy atom. The Balaban J connectivity index is 0.000000189. The summed E-state index contributed by atoms with van der Waals surface area (Å²) in [4.78, 5) is 0. The second-order valence-corrected chi connectivity index (χ2v) is 13.3. The SMILES string of the molecule is Cc1cccc2sc3c(O)cc(-c4ccc5c6ccccc6c6ccccc6c5c4)cc3c12.N=C(N)c1ccccc1.NCc1ccccc1. The summed E-state index contributed by atoms with van der Waals surface area (Å²) in [6, 6.07) is 53.7. The summed E-state index contributed by atoms with van der Waals surface area (Å²) in [6.45, 7) is 2.78. The van der Waals surface area contributed by atoms with Crippen molar-refractivity contribution in [3.8, 4) is 16.9 Å². The van der Waals surface area contributed by atoms with Crippen molar-refractivity contribution in [3.63, 3.8) is 0 Å². The van der Waals surface area contributed by atoms with Crippen LogP contribution < -0.4 is 11.5 Å². The van der Waals surface area contributed by atoms with E-state index in [2.05, 4.69) is 97.9 Å². The van der Waals surface area contributed by atoms with Crippen molar-refractivity contribution in [3.05, 3.63) is 174 Å². The van der Waals surface area contributed by atoms with E-state index in [4.69, 9.17) is 16.9 Å². The molecule has 0 bridgehead atoms. The predicted octanol–water partition coefficient (Wildman–Crippen LogP) is 11.3. The molecule has 6 N–H and O–H groups in total. The van der Waals surface area contributed by atoms with E-state index < -0.39 is 0 Å². The number of fused-ring (bicyclic) bond motifs is 9. The minimum Gasteiger partial charge on any atom is -0.506 e. The average molecular weight is 668 g/mol. The van der Waals surface area contributed by atoms with Crippen LogP contribution in [0, 0.1) is 12.3 Å². The molecule has 0 spiro atoms. The molecule has 1 heterocycles. The van der Waals surface area contributed by atoms with Crippen molar-refractivity contribution >= 4 is 69.7 Å². The second kappa shape index (κ2) is 14.2. The normalized spacial score (nSPS) is 10.9. The first kappa shape index (κ1) is 32.5. The Labute approximate surface area is 295 Å². The number of phenolic OH excluding ortho intramolecular Hbond substituents is 1. The van der Waals surface area contributed by atoms with E-state index in [0.29, 0.717) is 12.3 Å². The third kappa shape index (κ3) is 6.40. The van der Waals surface area contributed by atoms with Gasteiger partial charge in [0.15, 0.2) is 0 Å². The van der Waals surface area contributed by atoms with Crippen LogP contribution in [-0.4, -0.2) is 10.9 Å². The zero-order valence-corrected chi connectivity index (χ0v) is 28.5. The van der Waals surface area contributed by atoms with E-state index >= 15 is 0 Å². The molecule has 5 heteroatoms. The summed E-state index contributed by atoms with van der Waals surface area (Å²) >= 11 is 1.66. The van der Waals surface area contributed by atoms with E-state index in [-0.39, 0.29) is 5.84 Å². The molecule has 0 saturated carbocycles. The molecule has 9 aromatic rings. The monoisotopic (exact) mass is 667 g/mol. The largest absolute Gasteiger partial charge is 0.506 e. The molecule has 0 atom stereocenters. The van der Waals surface area contributed by atoms with Gasteiger partial charge in [0.25, 0.3) is 0 Å². The first-order chi connectivity index (χ1) is 24.4. The highest BCUT2D eigenvalue weighted by Gasteiger charge is 2.14. The lowest BCUT2D eigenvalue weighted by Gasteiger charge is -2.12. The van der Waals surface area contributed by atoms with E-state index in [1.807, 2.05) is 66.7 Å². The molecule has 0 radical (unpaired) electrons. The second-order valence-electron chi connectivity index (χ2n) is 12.2. The van der Waals surface area contributed by atoms with E-state index in [9.17, 15) is 5.11 Å². The van der Waals surface area contributed by atoms with Gasteiger partial charge in [-0.15, -0.1) is 11.3 Å². The summed E-state index contributed by atoms with van der Waals surface area (Å²) in [5.74, 6) is 0.474. The highest BCUT2D eigenvalue weighted by Crippen LogP contribution is 2.44. The molecule has 0 saturated heterocycles. The van der Waals surface area contributed by atoms with Gasteiger partial charge in [0, 0.05) is 27.6 Å². The first-order valence-corrected chi connectivity index (χ1v) is 17.4. The van der Waals surface area contributed by atoms with Crippen molar-refractivity contribution in [1.29, 1.82) is 5.41 Å². The van der Waals surface area contributed by atoms with Gasteiger partial charge in [-0.05, 0) is 85.8 Å². The van der Waals surface area contributed by atoms with Crippen LogP contribution in [-0.2, 0) is 6.54 Å². The molecule has 0 aliphatic heterocycles. The summed E-state index contributed by atoms with van der Waals surface area (Å²) in [5.41, 5.74) is 15.9. The maximum absolute atomic E-state index is 10.9. The van der Waals surface area contributed by atoms with Crippen LogP contribution in [0.2, 0.25) is 0 Å². The number of benzene rings is 8. The van der Waals surface area contributed by atoms with Gasteiger partial charge in [-0.3, -0.25) is 5.41 Å². The van der Waals surface area contributed by atoms with Crippen molar-refractivity contribution in [2.75, 3.05) is 0 Å². The van der Waals surface area contributed by atoms with Gasteiger partial charge in [-0.1, -0.05) is 133 Å². The Bertz CT molecular complexity index is 2590. The van der Waals surface area contributed by atoms with Gasteiger partial charge in [-0.25, -0.2) is 0 Å². The molecule has 0 aliphatic carbocycles. The molecule has 244 valence electrons. The number of aromatic hydroxyl groups is 1. The number of hydrogen-bond acceptors (Lipinski definition) is 4. The fraction of sp³-hybridized carbons (Fsp3) is 0.0444. The minimum atomic E-state index is 0.121. The van der Waals surface area contributed by atoms with Gasteiger partial charge in [0.2, 0.25) is 0 Å². The molecule has 0 fully saturated rings. The number of rotatable bonds is 3. The summed E-state index contributed by atoms with van der Waals surface area (Å²) in [5, 5.41) is 27.9. The number of thiophene rings is 1. The lowest BCUT2D eigenvalue weighted by molar-refractivity contribution is 0.483. The van der Waals surface area contributed by atoms with Crippen molar-refractivity contribution in [1.82, 2.24) is 0 Å². The Kier molecular flexibility index (Phi) is 9.26. The number of nitrogens with one attached hydrogen (secondary N) is 1. The Hall–Kier alpha value is -6.01. The van der Waals surface area contributed by atoms with Crippen LogP contribution in [0.15, 0.2) is 158 Å². The summed E-state index contributed by atoms with van der Waals surface area (Å²) in [7, 11) is 0.